The molecule has 2 aromatic carbocycles. The van der Waals surface area contributed by atoms with Crippen LogP contribution in [0.15, 0.2) is 70.7 Å². The summed E-state index contributed by atoms with van der Waals surface area (Å²) in [6.07, 6.45) is 1.48. The van der Waals surface area contributed by atoms with Crippen LogP contribution in [0.3, 0.4) is 0 Å². The lowest BCUT2D eigenvalue weighted by Gasteiger charge is -2.36. The number of amides is 1. The number of carbonyl (C=O) groups is 1. The van der Waals surface area contributed by atoms with E-state index in [2.05, 4.69) is 20.1 Å². The molecule has 0 radical (unpaired) electrons. The lowest BCUT2D eigenvalue weighted by atomic mass is 10.2. The minimum atomic E-state index is -0.215. The second-order valence-electron chi connectivity index (χ2n) is 7.86. The number of carbonyl (C=O) groups excluding carboxylic acids is 1. The summed E-state index contributed by atoms with van der Waals surface area (Å²) in [6.45, 7) is 2.81. The number of nitrogens with one attached hydrogen (secondary N) is 1. The predicted octanol–water partition coefficient (Wildman–Crippen LogP) is 2.56. The Morgan fingerprint density at radius 2 is 1.76 bits per heavy atom. The number of aromatic nitrogens is 4. The van der Waals surface area contributed by atoms with Gasteiger partial charge in [-0.1, -0.05) is 30.0 Å². The zero-order chi connectivity index (χ0) is 23.5. The topological polar surface area (TPSA) is 96.3 Å². The van der Waals surface area contributed by atoms with Crippen molar-refractivity contribution in [3.8, 4) is 11.4 Å². The smallest absolute Gasteiger partial charge is 0.269 e. The number of nitrogens with zero attached hydrogens (tertiary/aromatic N) is 5. The number of hydrogen-bond acceptors (Lipinski definition) is 7. The second kappa shape index (κ2) is 9.60. The van der Waals surface area contributed by atoms with E-state index in [-0.39, 0.29) is 17.2 Å². The van der Waals surface area contributed by atoms with Crippen molar-refractivity contribution in [1.29, 1.82) is 0 Å². The molecule has 1 aliphatic rings. The summed E-state index contributed by atoms with van der Waals surface area (Å²) in [5.74, 6) is 1.05. The van der Waals surface area contributed by atoms with Crippen LogP contribution >= 0.6 is 11.8 Å². The zero-order valence-electron chi connectivity index (χ0n) is 18.7. The van der Waals surface area contributed by atoms with Crippen molar-refractivity contribution in [1.82, 2.24) is 24.6 Å². The number of benzene rings is 2. The molecule has 1 N–H and O–H groups in total. The highest BCUT2D eigenvalue weighted by Gasteiger charge is 2.23. The van der Waals surface area contributed by atoms with Crippen LogP contribution in [0, 0.1) is 0 Å². The quantitative estimate of drug-likeness (QED) is 0.337. The molecule has 0 atom stereocenters. The van der Waals surface area contributed by atoms with Gasteiger partial charge in [0.2, 0.25) is 5.91 Å². The molecule has 1 saturated heterocycles. The van der Waals surface area contributed by atoms with Gasteiger partial charge < -0.3 is 14.5 Å². The van der Waals surface area contributed by atoms with Crippen molar-refractivity contribution in [2.45, 2.75) is 5.16 Å². The number of para-hydroxylation sites is 1. The average molecular weight is 477 g/mol. The van der Waals surface area contributed by atoms with Crippen molar-refractivity contribution < 1.29 is 9.53 Å². The summed E-state index contributed by atoms with van der Waals surface area (Å²) in [7, 11) is 1.65. The van der Waals surface area contributed by atoms with Gasteiger partial charge >= 0.3 is 0 Å². The van der Waals surface area contributed by atoms with Crippen LogP contribution in [-0.4, -0.2) is 69.6 Å². The normalized spacial score (nSPS) is 13.9. The monoisotopic (exact) mass is 476 g/mol. The highest BCUT2D eigenvalue weighted by molar-refractivity contribution is 7.99. The van der Waals surface area contributed by atoms with E-state index < -0.39 is 0 Å². The number of thioether (sulfide) groups is 1. The predicted molar refractivity (Wildman–Crippen MR) is 132 cm³/mol. The molecule has 9 nitrogen and oxygen atoms in total. The number of ether oxygens (including phenoxy) is 1. The van der Waals surface area contributed by atoms with Crippen LogP contribution in [-0.2, 0) is 4.79 Å². The lowest BCUT2D eigenvalue weighted by molar-refractivity contribution is -0.128. The summed E-state index contributed by atoms with van der Waals surface area (Å²) in [5, 5.41) is 7.58. The maximum absolute atomic E-state index is 13.1. The van der Waals surface area contributed by atoms with Crippen LogP contribution in [0.25, 0.3) is 16.7 Å². The molecule has 1 aliphatic heterocycles. The van der Waals surface area contributed by atoms with Crippen molar-refractivity contribution in [2.75, 3.05) is 43.9 Å². The molecule has 2 aromatic heterocycles. The minimum absolute atomic E-state index is 0.0259. The SMILES string of the molecule is COc1ccc(N2CCN(C(=O)CSc3nc4[nH]ncc4c(=O)n3-c3ccccc3)CC2)cc1. The van der Waals surface area contributed by atoms with Gasteiger partial charge in [0, 0.05) is 31.9 Å². The van der Waals surface area contributed by atoms with Gasteiger partial charge in [-0.05, 0) is 36.4 Å². The molecule has 0 bridgehead atoms. The molecule has 10 heteroatoms. The van der Waals surface area contributed by atoms with E-state index in [0.29, 0.717) is 35.0 Å². The van der Waals surface area contributed by atoms with Crippen LogP contribution in [0.1, 0.15) is 0 Å². The molecule has 5 rings (SSSR count). The Bertz CT molecular complexity index is 1340. The van der Waals surface area contributed by atoms with E-state index in [4.69, 9.17) is 4.74 Å². The van der Waals surface area contributed by atoms with E-state index in [1.807, 2.05) is 59.5 Å². The fourth-order valence-corrected chi connectivity index (χ4v) is 4.91. The zero-order valence-corrected chi connectivity index (χ0v) is 19.5. The fraction of sp³-hybridized carbons (Fsp3) is 0.250. The Balaban J connectivity index is 1.28. The fourth-order valence-electron chi connectivity index (χ4n) is 4.00. The second-order valence-corrected chi connectivity index (χ2v) is 8.80. The van der Waals surface area contributed by atoms with Gasteiger partial charge in [-0.15, -0.1) is 0 Å². The van der Waals surface area contributed by atoms with Gasteiger partial charge in [-0.2, -0.15) is 5.10 Å². The first kappa shape index (κ1) is 22.0. The number of methoxy groups -OCH3 is 1. The summed E-state index contributed by atoms with van der Waals surface area (Å²) in [5.41, 5.74) is 2.02. The number of hydrogen-bond donors (Lipinski definition) is 1. The molecular weight excluding hydrogens is 452 g/mol. The van der Waals surface area contributed by atoms with Gasteiger partial charge in [0.05, 0.1) is 24.7 Å². The van der Waals surface area contributed by atoms with Crippen molar-refractivity contribution >= 4 is 34.4 Å². The van der Waals surface area contributed by atoms with Crippen LogP contribution in [0.4, 0.5) is 5.69 Å². The largest absolute Gasteiger partial charge is 0.497 e. The Morgan fingerprint density at radius 3 is 2.47 bits per heavy atom. The molecule has 34 heavy (non-hydrogen) atoms. The van der Waals surface area contributed by atoms with E-state index in [9.17, 15) is 9.59 Å². The van der Waals surface area contributed by atoms with Gasteiger partial charge in [0.1, 0.15) is 11.1 Å². The molecule has 1 fully saturated rings. The number of H-pyrrole nitrogens is 1. The Hall–Kier alpha value is -3.79. The molecule has 4 aromatic rings. The Kier molecular flexibility index (Phi) is 6.22. The number of aromatic amines is 1. The summed E-state index contributed by atoms with van der Waals surface area (Å²) in [4.78, 5) is 34.8. The first-order chi connectivity index (χ1) is 16.6. The lowest BCUT2D eigenvalue weighted by Crippen LogP contribution is -2.49. The standard InChI is InChI=1S/C24H24N6O3S/c1-33-19-9-7-17(8-10-19)28-11-13-29(14-12-28)21(31)16-34-24-26-22-20(15-25-27-22)23(32)30(24)18-5-3-2-4-6-18/h2-10,15H,11-14,16H2,1H3,(H,25,27). The molecule has 0 spiro atoms. The third-order valence-corrected chi connectivity index (χ3v) is 6.78. The number of rotatable bonds is 6. The molecule has 3 heterocycles. The van der Waals surface area contributed by atoms with Crippen molar-refractivity contribution in [3.63, 3.8) is 0 Å². The molecule has 0 aliphatic carbocycles. The highest BCUT2D eigenvalue weighted by Crippen LogP contribution is 2.23. The Labute approximate surface area is 200 Å². The highest BCUT2D eigenvalue weighted by atomic mass is 32.2. The molecule has 0 unspecified atom stereocenters. The van der Waals surface area contributed by atoms with Crippen LogP contribution < -0.4 is 15.2 Å². The van der Waals surface area contributed by atoms with Gasteiger partial charge in [0.25, 0.3) is 5.56 Å². The number of anilines is 1. The first-order valence-electron chi connectivity index (χ1n) is 10.9. The number of fused-ring (bicyclic) bond motifs is 1. The average Bonchev–Trinajstić information content (AvgIpc) is 3.37. The molecular formula is C24H24N6O3S. The molecule has 1 amide bonds. The molecule has 174 valence electrons. The van der Waals surface area contributed by atoms with Crippen LogP contribution in [0.2, 0.25) is 0 Å². The van der Waals surface area contributed by atoms with Gasteiger partial charge in [-0.25, -0.2) is 4.98 Å². The van der Waals surface area contributed by atoms with Gasteiger partial charge in [0.15, 0.2) is 10.8 Å². The minimum Gasteiger partial charge on any atom is -0.497 e. The van der Waals surface area contributed by atoms with E-state index in [1.165, 1.54) is 22.5 Å². The van der Waals surface area contributed by atoms with Crippen molar-refractivity contribution in [3.05, 3.63) is 71.1 Å². The van der Waals surface area contributed by atoms with Crippen LogP contribution in [0.5, 0.6) is 5.75 Å². The van der Waals surface area contributed by atoms with E-state index in [0.717, 1.165) is 24.5 Å². The maximum atomic E-state index is 13.1. The van der Waals surface area contributed by atoms with E-state index >= 15 is 0 Å². The summed E-state index contributed by atoms with van der Waals surface area (Å²) in [6, 6.07) is 17.3. The Morgan fingerprint density at radius 1 is 1.03 bits per heavy atom. The van der Waals surface area contributed by atoms with Crippen molar-refractivity contribution in [2.24, 2.45) is 0 Å². The first-order valence-corrected chi connectivity index (χ1v) is 11.9. The third-order valence-electron chi connectivity index (χ3n) is 5.86. The van der Waals surface area contributed by atoms with Gasteiger partial charge in [-0.3, -0.25) is 19.3 Å². The molecule has 0 saturated carbocycles. The third kappa shape index (κ3) is 4.36. The number of piperazine rings is 1. The summed E-state index contributed by atoms with van der Waals surface area (Å²) < 4.78 is 6.76. The maximum Gasteiger partial charge on any atom is 0.269 e. The van der Waals surface area contributed by atoms with E-state index in [1.54, 1.807) is 7.11 Å². The summed E-state index contributed by atoms with van der Waals surface area (Å²) >= 11 is 1.26.